The van der Waals surface area contributed by atoms with Crippen molar-refractivity contribution in [1.82, 2.24) is 5.32 Å². The first-order valence-electron chi connectivity index (χ1n) is 4.62. The Kier molecular flexibility index (Phi) is 30.5. The zero-order valence-corrected chi connectivity index (χ0v) is 13.4. The summed E-state index contributed by atoms with van der Waals surface area (Å²) in [6, 6.07) is 0.578. The summed E-state index contributed by atoms with van der Waals surface area (Å²) in [6.07, 6.45) is 5.66. The van der Waals surface area contributed by atoms with Crippen LogP contribution in [0.15, 0.2) is 0 Å². The molecule has 2 rings (SSSR count). The normalized spacial score (nSPS) is 27.6. The maximum absolute atomic E-state index is 5.82. The fourth-order valence-corrected chi connectivity index (χ4v) is 2.29. The zero-order valence-electron chi connectivity index (χ0n) is 9.60. The van der Waals surface area contributed by atoms with Crippen molar-refractivity contribution in [3.63, 3.8) is 0 Å². The third-order valence-electron chi connectivity index (χ3n) is 2.79. The van der Waals surface area contributed by atoms with Gasteiger partial charge in [-0.05, 0) is 45.2 Å². The summed E-state index contributed by atoms with van der Waals surface area (Å²) in [7, 11) is 3.75. The summed E-state index contributed by atoms with van der Waals surface area (Å²) >= 11 is 0. The van der Waals surface area contributed by atoms with Crippen molar-refractivity contribution in [2.45, 2.75) is 31.7 Å². The third-order valence-corrected chi connectivity index (χ3v) is 2.79. The van der Waals surface area contributed by atoms with Gasteiger partial charge in [-0.25, -0.2) is 0 Å². The molecule has 7 heteroatoms. The van der Waals surface area contributed by atoms with E-state index in [4.69, 9.17) is 5.73 Å². The Morgan fingerprint density at radius 3 is 1.56 bits per heavy atom. The average molecular weight is 456 g/mol. The van der Waals surface area contributed by atoms with Crippen LogP contribution in [0.2, 0.25) is 0 Å². The van der Waals surface area contributed by atoms with Gasteiger partial charge in [-0.2, -0.15) is 0 Å². The smallest absolute Gasteiger partial charge is 1.00 e. The van der Waals surface area contributed by atoms with Gasteiger partial charge in [0, 0.05) is 6.04 Å². The van der Waals surface area contributed by atoms with Crippen LogP contribution in [-0.2, 0) is 21.1 Å². The summed E-state index contributed by atoms with van der Waals surface area (Å²) in [6.45, 7) is 0. The van der Waals surface area contributed by atoms with E-state index in [-0.39, 0.29) is 56.8 Å². The minimum atomic E-state index is 0. The van der Waals surface area contributed by atoms with Gasteiger partial charge in [0.1, 0.15) is 0 Å². The molecule has 2 aliphatic carbocycles. The molecule has 0 aromatic rings. The van der Waals surface area contributed by atoms with Crippen LogP contribution in [0.4, 0.5) is 0 Å². The van der Waals surface area contributed by atoms with E-state index >= 15 is 0 Å². The van der Waals surface area contributed by atoms with Crippen molar-refractivity contribution in [3.8, 4) is 0 Å². The van der Waals surface area contributed by atoms with Crippen molar-refractivity contribution in [3.05, 3.63) is 0 Å². The summed E-state index contributed by atoms with van der Waals surface area (Å²) < 4.78 is 0. The van der Waals surface area contributed by atoms with Gasteiger partial charge in [-0.15, -0.1) is 0 Å². The molecule has 2 bridgehead atoms. The van der Waals surface area contributed by atoms with E-state index in [2.05, 4.69) is 5.32 Å². The largest absolute Gasteiger partial charge is 4.00 e. The molecule has 0 radical (unpaired) electrons. The van der Waals surface area contributed by atoms with Crippen LogP contribution in [0.1, 0.15) is 25.7 Å². The first-order chi connectivity index (χ1) is 5.27. The minimum Gasteiger partial charge on any atom is -1.00 e. The Morgan fingerprint density at radius 2 is 1.44 bits per heavy atom. The Hall–Kier alpha value is 1.11. The van der Waals surface area contributed by atoms with Crippen molar-refractivity contribution >= 4 is 0 Å². The van der Waals surface area contributed by atoms with Crippen molar-refractivity contribution in [1.29, 1.82) is 0 Å². The Morgan fingerprint density at radius 1 is 1.00 bits per heavy atom. The molecule has 0 amide bonds. The van der Waals surface area contributed by atoms with Gasteiger partial charge in [-0.3, -0.25) is 0 Å². The van der Waals surface area contributed by atoms with Gasteiger partial charge in [0.2, 0.25) is 0 Å². The molecule has 16 heavy (non-hydrogen) atoms. The summed E-state index contributed by atoms with van der Waals surface area (Å²) in [5.41, 5.74) is 5.82. The van der Waals surface area contributed by atoms with Gasteiger partial charge in [0.15, 0.2) is 0 Å². The molecule has 0 saturated heterocycles. The topological polar surface area (TPSA) is 98.0 Å². The summed E-state index contributed by atoms with van der Waals surface area (Å²) in [5, 5.41) is 2.75. The second-order valence-corrected chi connectivity index (χ2v) is 3.84. The SMILES string of the molecule is CNC.N[C@@H]1CC2CCC1C2.[Cl-].[Cl-].[OH-].[OH-].[Pt+4]. The molecule has 0 aromatic heterocycles. The number of fused-ring (bicyclic) bond motifs is 2. The Labute approximate surface area is 125 Å². The maximum atomic E-state index is 5.82. The van der Waals surface area contributed by atoms with Gasteiger partial charge in [0.25, 0.3) is 0 Å². The minimum absolute atomic E-state index is 0. The number of hydrogen-bond acceptors (Lipinski definition) is 4. The number of hydrogen-bond donors (Lipinski definition) is 2. The molecular formula is C9H22Cl2N2O2Pt. The van der Waals surface area contributed by atoms with Gasteiger partial charge < -0.3 is 46.8 Å². The first-order valence-corrected chi connectivity index (χ1v) is 4.62. The van der Waals surface area contributed by atoms with Crippen LogP contribution in [-0.4, -0.2) is 31.1 Å². The van der Waals surface area contributed by atoms with Crippen LogP contribution >= 0.6 is 0 Å². The number of nitrogens with one attached hydrogen (secondary N) is 1. The molecule has 4 nitrogen and oxygen atoms in total. The molecular weight excluding hydrogens is 434 g/mol. The molecule has 0 aromatic carbocycles. The fourth-order valence-electron chi connectivity index (χ4n) is 2.29. The van der Waals surface area contributed by atoms with Gasteiger partial charge in [-0.1, -0.05) is 6.42 Å². The fraction of sp³-hybridized carbons (Fsp3) is 1.00. The Balaban J connectivity index is -0.0000000469. The molecule has 2 aliphatic rings. The van der Waals surface area contributed by atoms with E-state index in [0.717, 1.165) is 11.8 Å². The predicted molar refractivity (Wildman–Crippen MR) is 52.3 cm³/mol. The van der Waals surface area contributed by atoms with Crippen LogP contribution in [0.3, 0.4) is 0 Å². The van der Waals surface area contributed by atoms with E-state index in [1.807, 2.05) is 14.1 Å². The van der Waals surface area contributed by atoms with Crippen molar-refractivity contribution in [2.75, 3.05) is 14.1 Å². The van der Waals surface area contributed by atoms with Crippen LogP contribution in [0.5, 0.6) is 0 Å². The van der Waals surface area contributed by atoms with E-state index < -0.39 is 0 Å². The van der Waals surface area contributed by atoms with Crippen molar-refractivity contribution < 1.29 is 56.8 Å². The van der Waals surface area contributed by atoms with Crippen LogP contribution in [0.25, 0.3) is 0 Å². The molecule has 2 saturated carbocycles. The summed E-state index contributed by atoms with van der Waals surface area (Å²) in [4.78, 5) is 0. The number of rotatable bonds is 0. The van der Waals surface area contributed by atoms with Crippen LogP contribution < -0.4 is 35.9 Å². The number of nitrogens with two attached hydrogens (primary N) is 1. The van der Waals surface area contributed by atoms with Crippen LogP contribution in [0, 0.1) is 11.8 Å². The van der Waals surface area contributed by atoms with Gasteiger partial charge >= 0.3 is 21.1 Å². The second-order valence-electron chi connectivity index (χ2n) is 3.84. The maximum Gasteiger partial charge on any atom is 4.00 e. The standard InChI is InChI=1S/C7H13N.C2H7N.2ClH.2H2O.Pt/c8-7-4-5-1-2-6(7)3-5;1-3-2;;;;;/h5-7H,1-4,8H2;3H,1-2H3;2*1H;2*1H2;/q;;;;;;+4/p-4/t5?,6?,7-;;;;;;/m1....../s1. The molecule has 5 N–H and O–H groups in total. The molecule has 0 aliphatic heterocycles. The zero-order chi connectivity index (χ0) is 8.27. The number of halogens is 2. The monoisotopic (exact) mass is 455 g/mol. The average Bonchev–Trinajstić information content (AvgIpc) is 2.48. The second kappa shape index (κ2) is 16.1. The van der Waals surface area contributed by atoms with Crippen molar-refractivity contribution in [2.24, 2.45) is 17.6 Å². The predicted octanol–water partition coefficient (Wildman–Crippen LogP) is -5.38. The molecule has 0 spiro atoms. The molecule has 0 heterocycles. The van der Waals surface area contributed by atoms with E-state index in [0.29, 0.717) is 6.04 Å². The van der Waals surface area contributed by atoms with E-state index in [1.54, 1.807) is 0 Å². The third kappa shape index (κ3) is 9.17. The molecule has 2 unspecified atom stereocenters. The van der Waals surface area contributed by atoms with Gasteiger partial charge in [0.05, 0.1) is 0 Å². The quantitative estimate of drug-likeness (QED) is 0.381. The molecule has 104 valence electrons. The first kappa shape index (κ1) is 30.3. The van der Waals surface area contributed by atoms with E-state index in [9.17, 15) is 0 Å². The summed E-state index contributed by atoms with van der Waals surface area (Å²) in [5.74, 6) is 1.94. The molecule has 2 fully saturated rings. The van der Waals surface area contributed by atoms with E-state index in [1.165, 1.54) is 25.7 Å². The molecule has 3 atom stereocenters. The Bertz CT molecular complexity index is 134.